The molecule has 0 aliphatic carbocycles. The standard InChI is InChI=1S/C17H32NO3P/c1-5-14-18(15-6-2)22(19,20-7-3,21-8-4)16-17-12-10-9-11-13-17/h9-13,19H,5-8,14-16H2,1-4H3. The molecular weight excluding hydrogens is 297 g/mol. The molecule has 1 rings (SSSR count). The van der Waals surface area contributed by atoms with Crippen LogP contribution in [-0.4, -0.2) is 35.9 Å². The van der Waals surface area contributed by atoms with E-state index in [0.29, 0.717) is 19.4 Å². The van der Waals surface area contributed by atoms with E-state index in [4.69, 9.17) is 9.05 Å². The molecule has 0 amide bonds. The van der Waals surface area contributed by atoms with Crippen molar-refractivity contribution in [1.29, 1.82) is 0 Å². The van der Waals surface area contributed by atoms with E-state index in [1.807, 2.05) is 44.2 Å². The predicted octanol–water partition coefficient (Wildman–Crippen LogP) is 4.59. The second kappa shape index (κ2) is 8.95. The Bertz CT molecular complexity index is 415. The molecule has 0 aromatic heterocycles. The Balaban J connectivity index is 3.25. The molecule has 128 valence electrons. The summed E-state index contributed by atoms with van der Waals surface area (Å²) in [4.78, 5) is 11.8. The van der Waals surface area contributed by atoms with Crippen LogP contribution in [0.2, 0.25) is 0 Å². The third-order valence-electron chi connectivity index (χ3n) is 3.59. The van der Waals surface area contributed by atoms with E-state index in [0.717, 1.165) is 31.5 Å². The van der Waals surface area contributed by atoms with Crippen LogP contribution in [0.1, 0.15) is 46.1 Å². The summed E-state index contributed by atoms with van der Waals surface area (Å²) < 4.78 is 14.1. The summed E-state index contributed by atoms with van der Waals surface area (Å²) in [6.07, 6.45) is 2.31. The molecule has 0 fully saturated rings. The van der Waals surface area contributed by atoms with E-state index in [2.05, 4.69) is 18.5 Å². The predicted molar refractivity (Wildman–Crippen MR) is 94.7 cm³/mol. The van der Waals surface area contributed by atoms with Crippen molar-refractivity contribution in [3.8, 4) is 0 Å². The average Bonchev–Trinajstić information content (AvgIpc) is 2.48. The van der Waals surface area contributed by atoms with Crippen molar-refractivity contribution in [3.05, 3.63) is 35.9 Å². The fourth-order valence-corrected chi connectivity index (χ4v) is 6.67. The molecule has 0 atom stereocenters. The SMILES string of the molecule is CCCN(CCC)P(O)(Cc1ccccc1)(OCC)OCC. The molecule has 1 aromatic rings. The van der Waals surface area contributed by atoms with Crippen LogP contribution in [0.3, 0.4) is 0 Å². The van der Waals surface area contributed by atoms with Crippen LogP contribution in [-0.2, 0) is 15.2 Å². The van der Waals surface area contributed by atoms with Gasteiger partial charge in [0, 0.05) is 0 Å². The van der Waals surface area contributed by atoms with Gasteiger partial charge in [-0.3, -0.25) is 0 Å². The van der Waals surface area contributed by atoms with Gasteiger partial charge in [0.25, 0.3) is 0 Å². The fourth-order valence-electron chi connectivity index (χ4n) is 2.83. The first-order valence-electron chi connectivity index (χ1n) is 8.38. The minimum absolute atomic E-state index is 0.411. The normalized spacial score (nSPS) is 14.0. The molecular formula is C17H32NO3P. The van der Waals surface area contributed by atoms with Gasteiger partial charge in [-0.2, -0.15) is 0 Å². The Kier molecular flexibility index (Phi) is 7.95. The van der Waals surface area contributed by atoms with E-state index >= 15 is 0 Å². The van der Waals surface area contributed by atoms with Crippen LogP contribution >= 0.6 is 7.43 Å². The zero-order chi connectivity index (χ0) is 16.5. The number of hydrogen-bond acceptors (Lipinski definition) is 4. The number of benzene rings is 1. The van der Waals surface area contributed by atoms with Gasteiger partial charge in [-0.15, -0.1) is 0 Å². The van der Waals surface area contributed by atoms with Crippen molar-refractivity contribution >= 4 is 7.43 Å². The third kappa shape index (κ3) is 4.74. The van der Waals surface area contributed by atoms with Gasteiger partial charge < -0.3 is 0 Å². The minimum atomic E-state index is -3.87. The van der Waals surface area contributed by atoms with E-state index in [1.165, 1.54) is 0 Å². The number of nitrogens with zero attached hydrogens (tertiary/aromatic N) is 1. The summed E-state index contributed by atoms with van der Waals surface area (Å²) in [6.45, 7) is 10.5. The second-order valence-electron chi connectivity index (χ2n) is 5.46. The Hall–Kier alpha value is -0.510. The summed E-state index contributed by atoms with van der Waals surface area (Å²) in [7, 11) is -3.87. The van der Waals surface area contributed by atoms with E-state index < -0.39 is 7.43 Å². The molecule has 5 heteroatoms. The molecule has 0 saturated carbocycles. The van der Waals surface area contributed by atoms with Crippen molar-refractivity contribution in [3.63, 3.8) is 0 Å². The second-order valence-corrected chi connectivity index (χ2v) is 8.93. The molecule has 0 saturated heterocycles. The van der Waals surface area contributed by atoms with Crippen molar-refractivity contribution in [2.45, 2.75) is 46.7 Å². The van der Waals surface area contributed by atoms with Gasteiger partial charge in [0.2, 0.25) is 0 Å². The van der Waals surface area contributed by atoms with Gasteiger partial charge in [0.1, 0.15) is 0 Å². The molecule has 0 unspecified atom stereocenters. The quantitative estimate of drug-likeness (QED) is 0.603. The summed E-state index contributed by atoms with van der Waals surface area (Å²) >= 11 is 0. The molecule has 4 nitrogen and oxygen atoms in total. The molecule has 0 heterocycles. The van der Waals surface area contributed by atoms with Gasteiger partial charge in [0.15, 0.2) is 0 Å². The first-order valence-corrected chi connectivity index (χ1v) is 10.5. The first-order chi connectivity index (χ1) is 10.5. The Morgan fingerprint density at radius 3 is 1.82 bits per heavy atom. The summed E-state index contributed by atoms with van der Waals surface area (Å²) in [6, 6.07) is 9.99. The zero-order valence-corrected chi connectivity index (χ0v) is 15.4. The average molecular weight is 329 g/mol. The first kappa shape index (κ1) is 19.5. The van der Waals surface area contributed by atoms with Crippen LogP contribution in [0.5, 0.6) is 0 Å². The van der Waals surface area contributed by atoms with Gasteiger partial charge in [-0.05, 0) is 0 Å². The molecule has 1 N–H and O–H groups in total. The molecule has 1 aromatic carbocycles. The van der Waals surface area contributed by atoms with Gasteiger partial charge in [-0.25, -0.2) is 0 Å². The molecule has 0 spiro atoms. The van der Waals surface area contributed by atoms with E-state index in [9.17, 15) is 4.89 Å². The van der Waals surface area contributed by atoms with E-state index in [1.54, 1.807) is 0 Å². The van der Waals surface area contributed by atoms with Crippen molar-refractivity contribution in [2.75, 3.05) is 26.3 Å². The maximum absolute atomic E-state index is 11.8. The molecule has 0 aliphatic rings. The maximum atomic E-state index is 11.8. The van der Waals surface area contributed by atoms with Crippen LogP contribution in [0.15, 0.2) is 30.3 Å². The van der Waals surface area contributed by atoms with Gasteiger partial charge in [0.05, 0.1) is 0 Å². The van der Waals surface area contributed by atoms with Crippen LogP contribution in [0.25, 0.3) is 0 Å². The van der Waals surface area contributed by atoms with Crippen LogP contribution < -0.4 is 0 Å². The Morgan fingerprint density at radius 1 is 0.909 bits per heavy atom. The van der Waals surface area contributed by atoms with Gasteiger partial charge >= 0.3 is 135 Å². The summed E-state index contributed by atoms with van der Waals surface area (Å²) in [5.74, 6) is 0. The Morgan fingerprint density at radius 2 is 1.41 bits per heavy atom. The van der Waals surface area contributed by atoms with Crippen molar-refractivity contribution in [2.24, 2.45) is 0 Å². The number of rotatable bonds is 11. The monoisotopic (exact) mass is 329 g/mol. The molecule has 0 aliphatic heterocycles. The topological polar surface area (TPSA) is 41.9 Å². The Labute approximate surface area is 135 Å². The molecule has 0 radical (unpaired) electrons. The zero-order valence-electron chi connectivity index (χ0n) is 14.5. The van der Waals surface area contributed by atoms with E-state index in [-0.39, 0.29) is 0 Å². The third-order valence-corrected chi connectivity index (χ3v) is 7.57. The molecule has 22 heavy (non-hydrogen) atoms. The summed E-state index contributed by atoms with van der Waals surface area (Å²) in [5.41, 5.74) is 1.04. The summed E-state index contributed by atoms with van der Waals surface area (Å²) in [5, 5.41) is 0. The van der Waals surface area contributed by atoms with Gasteiger partial charge in [-0.1, -0.05) is 0 Å². The molecule has 0 bridgehead atoms. The fraction of sp³-hybridized carbons (Fsp3) is 0.647. The number of hydrogen-bond donors (Lipinski definition) is 1. The van der Waals surface area contributed by atoms with Crippen molar-refractivity contribution < 1.29 is 13.9 Å². The van der Waals surface area contributed by atoms with Crippen LogP contribution in [0, 0.1) is 0 Å². The van der Waals surface area contributed by atoms with Crippen molar-refractivity contribution in [1.82, 2.24) is 4.67 Å². The van der Waals surface area contributed by atoms with Crippen LogP contribution in [0.4, 0.5) is 0 Å².